The third-order valence-corrected chi connectivity index (χ3v) is 1.10. The summed E-state index contributed by atoms with van der Waals surface area (Å²) in [5.41, 5.74) is 5.85. The number of hydrazine groups is 2. The predicted molar refractivity (Wildman–Crippen MR) is 44.2 cm³/mol. The summed E-state index contributed by atoms with van der Waals surface area (Å²) in [5.74, 6) is -2.76. The number of alkyl halides is 3. The molecule has 86 valence electrons. The quantitative estimate of drug-likeness (QED) is 0.590. The van der Waals surface area contributed by atoms with Crippen LogP contribution in [-0.4, -0.2) is 43.0 Å². The highest BCUT2D eigenvalue weighted by Crippen LogP contribution is 2.13. The molecule has 0 aromatic heterocycles. The van der Waals surface area contributed by atoms with E-state index in [-0.39, 0.29) is 0 Å². The molecule has 0 unspecified atom stereocenters. The average molecular weight is 217 g/mol. The number of carbonyl (C=O) groups is 1. The highest BCUT2D eigenvalue weighted by atomic mass is 19.4. The molecule has 0 atom stereocenters. The van der Waals surface area contributed by atoms with Gasteiger partial charge in [0.15, 0.2) is 0 Å². The van der Waals surface area contributed by atoms with E-state index in [9.17, 15) is 13.2 Å². The van der Waals surface area contributed by atoms with Gasteiger partial charge in [0.05, 0.1) is 0 Å². The SMILES string of the molecule is CCN(NC)NC.O=C(O)C(F)(F)F. The molecule has 0 saturated heterocycles. The summed E-state index contributed by atoms with van der Waals surface area (Å²) in [6.07, 6.45) is -5.08. The Bertz CT molecular complexity index is 153. The summed E-state index contributed by atoms with van der Waals surface area (Å²) in [5, 5.41) is 9.00. The molecule has 0 aromatic carbocycles. The molecule has 14 heavy (non-hydrogen) atoms. The topological polar surface area (TPSA) is 64.6 Å². The number of hydrogen-bond acceptors (Lipinski definition) is 4. The zero-order chi connectivity index (χ0) is 11.8. The van der Waals surface area contributed by atoms with Crippen LogP contribution in [0.5, 0.6) is 0 Å². The lowest BCUT2D eigenvalue weighted by molar-refractivity contribution is -0.192. The maximum atomic E-state index is 10.6. The first-order chi connectivity index (χ1) is 6.29. The second-order valence-electron chi connectivity index (χ2n) is 1.99. The molecule has 0 aliphatic carbocycles. The van der Waals surface area contributed by atoms with Gasteiger partial charge in [-0.1, -0.05) is 0 Å². The molecule has 0 aliphatic heterocycles. The fourth-order valence-electron chi connectivity index (χ4n) is 0.428. The molecular weight excluding hydrogens is 203 g/mol. The van der Waals surface area contributed by atoms with E-state index < -0.39 is 12.1 Å². The standard InChI is InChI=1S/C4H13N3.C2HF3O2/c1-4-7(5-2)6-3;3-2(4,5)1(6)7/h5-6H,4H2,1-3H3;(H,6,7). The van der Waals surface area contributed by atoms with Crippen molar-refractivity contribution in [3.05, 3.63) is 0 Å². The van der Waals surface area contributed by atoms with E-state index >= 15 is 0 Å². The predicted octanol–water partition coefficient (Wildman–Crippen LogP) is 0.210. The molecule has 0 saturated carbocycles. The highest BCUT2D eigenvalue weighted by molar-refractivity contribution is 5.73. The summed E-state index contributed by atoms with van der Waals surface area (Å²) in [7, 11) is 3.75. The number of halogens is 3. The first kappa shape index (κ1) is 15.6. The highest BCUT2D eigenvalue weighted by Gasteiger charge is 2.38. The summed E-state index contributed by atoms with van der Waals surface area (Å²) in [6, 6.07) is 0. The van der Waals surface area contributed by atoms with Crippen LogP contribution in [0.15, 0.2) is 0 Å². The van der Waals surface area contributed by atoms with Crippen LogP contribution in [-0.2, 0) is 4.79 Å². The molecule has 0 radical (unpaired) electrons. The van der Waals surface area contributed by atoms with Gasteiger partial charge in [0, 0.05) is 20.6 Å². The lowest BCUT2D eigenvalue weighted by Crippen LogP contribution is -2.43. The van der Waals surface area contributed by atoms with Crippen LogP contribution >= 0.6 is 0 Å². The zero-order valence-corrected chi connectivity index (χ0v) is 8.14. The number of hydrogen-bond donors (Lipinski definition) is 3. The van der Waals surface area contributed by atoms with Crippen molar-refractivity contribution in [1.82, 2.24) is 16.0 Å². The first-order valence-corrected chi connectivity index (χ1v) is 3.72. The average Bonchev–Trinajstić information content (AvgIpc) is 2.07. The van der Waals surface area contributed by atoms with Crippen LogP contribution < -0.4 is 10.9 Å². The second-order valence-corrected chi connectivity index (χ2v) is 1.99. The van der Waals surface area contributed by atoms with Crippen LogP contribution in [0.1, 0.15) is 6.92 Å². The molecule has 0 aromatic rings. The summed E-state index contributed by atoms with van der Waals surface area (Å²) in [4.78, 5) is 8.90. The van der Waals surface area contributed by atoms with Crippen molar-refractivity contribution in [3.8, 4) is 0 Å². The Balaban J connectivity index is 0. The number of rotatable bonds is 3. The minimum absolute atomic E-state index is 0.965. The van der Waals surface area contributed by atoms with E-state index in [0.717, 1.165) is 6.54 Å². The van der Waals surface area contributed by atoms with Gasteiger partial charge in [-0.3, -0.25) is 0 Å². The van der Waals surface area contributed by atoms with Crippen LogP contribution in [0.2, 0.25) is 0 Å². The number of aliphatic carboxylic acids is 1. The first-order valence-electron chi connectivity index (χ1n) is 3.72. The van der Waals surface area contributed by atoms with Crippen molar-refractivity contribution in [2.75, 3.05) is 20.6 Å². The summed E-state index contributed by atoms with van der Waals surface area (Å²) >= 11 is 0. The lowest BCUT2D eigenvalue weighted by Gasteiger charge is -2.15. The maximum absolute atomic E-state index is 10.6. The van der Waals surface area contributed by atoms with Crippen molar-refractivity contribution in [2.24, 2.45) is 0 Å². The minimum Gasteiger partial charge on any atom is -0.475 e. The Labute approximate surface area is 79.8 Å². The van der Waals surface area contributed by atoms with Crippen LogP contribution in [0.3, 0.4) is 0 Å². The van der Waals surface area contributed by atoms with Gasteiger partial charge in [0.2, 0.25) is 0 Å². The number of nitrogens with zero attached hydrogens (tertiary/aromatic N) is 1. The van der Waals surface area contributed by atoms with E-state index in [1.165, 1.54) is 0 Å². The molecular formula is C6H14F3N3O2. The molecule has 3 N–H and O–H groups in total. The lowest BCUT2D eigenvalue weighted by atomic mass is 10.7. The minimum atomic E-state index is -5.08. The molecule has 0 amide bonds. The van der Waals surface area contributed by atoms with Gasteiger partial charge in [-0.25, -0.2) is 15.6 Å². The third kappa shape index (κ3) is 9.23. The van der Waals surface area contributed by atoms with Crippen LogP contribution in [0.4, 0.5) is 13.2 Å². The summed E-state index contributed by atoms with van der Waals surface area (Å²) < 4.78 is 31.7. The molecule has 0 heterocycles. The van der Waals surface area contributed by atoms with E-state index in [4.69, 9.17) is 9.90 Å². The normalized spacial score (nSPS) is 10.8. The Morgan fingerprint density at radius 2 is 1.64 bits per heavy atom. The molecule has 0 fully saturated rings. The van der Waals surface area contributed by atoms with Gasteiger partial charge < -0.3 is 5.11 Å². The van der Waals surface area contributed by atoms with Crippen molar-refractivity contribution >= 4 is 5.97 Å². The number of carboxylic acids is 1. The van der Waals surface area contributed by atoms with E-state index in [2.05, 4.69) is 17.8 Å². The third-order valence-electron chi connectivity index (χ3n) is 1.10. The van der Waals surface area contributed by atoms with Crippen molar-refractivity contribution in [1.29, 1.82) is 0 Å². The molecule has 0 spiro atoms. The molecule has 0 bridgehead atoms. The smallest absolute Gasteiger partial charge is 0.475 e. The fraction of sp³-hybridized carbons (Fsp3) is 0.833. The zero-order valence-electron chi connectivity index (χ0n) is 8.14. The van der Waals surface area contributed by atoms with Crippen molar-refractivity contribution in [3.63, 3.8) is 0 Å². The largest absolute Gasteiger partial charge is 0.490 e. The number of carboxylic acid groups (broad SMARTS) is 1. The van der Waals surface area contributed by atoms with Gasteiger partial charge in [-0.05, 0) is 6.92 Å². The van der Waals surface area contributed by atoms with Gasteiger partial charge in [0.1, 0.15) is 0 Å². The molecule has 5 nitrogen and oxygen atoms in total. The van der Waals surface area contributed by atoms with E-state index in [0.29, 0.717) is 0 Å². The molecule has 0 aliphatic rings. The fourth-order valence-corrected chi connectivity index (χ4v) is 0.428. The van der Waals surface area contributed by atoms with Gasteiger partial charge >= 0.3 is 12.1 Å². The van der Waals surface area contributed by atoms with Gasteiger partial charge in [-0.15, -0.1) is 0 Å². The Morgan fingerprint density at radius 1 is 1.36 bits per heavy atom. The van der Waals surface area contributed by atoms with E-state index in [1.807, 2.05) is 19.2 Å². The van der Waals surface area contributed by atoms with Crippen molar-refractivity contribution < 1.29 is 23.1 Å². The molecule has 0 rings (SSSR count). The number of nitrogens with one attached hydrogen (secondary N) is 2. The van der Waals surface area contributed by atoms with Gasteiger partial charge in [-0.2, -0.15) is 18.3 Å². The second kappa shape index (κ2) is 7.54. The molecule has 8 heteroatoms. The Kier molecular flexibility index (Phi) is 8.40. The van der Waals surface area contributed by atoms with Crippen LogP contribution in [0.25, 0.3) is 0 Å². The van der Waals surface area contributed by atoms with Crippen LogP contribution in [0, 0.1) is 0 Å². The maximum Gasteiger partial charge on any atom is 0.490 e. The Hall–Kier alpha value is -0.860. The van der Waals surface area contributed by atoms with Gasteiger partial charge in [0.25, 0.3) is 0 Å². The Morgan fingerprint density at radius 3 is 1.64 bits per heavy atom. The van der Waals surface area contributed by atoms with Crippen molar-refractivity contribution in [2.45, 2.75) is 13.1 Å². The monoisotopic (exact) mass is 217 g/mol. The summed E-state index contributed by atoms with van der Waals surface area (Å²) in [6.45, 7) is 3.03. The van der Waals surface area contributed by atoms with E-state index in [1.54, 1.807) is 0 Å².